The molecule has 2 nitrogen and oxygen atoms in total. The standard InChI is InChI=1S/C16H12ClFO2/c17-13-5-2-6-14(18)15(13)16(19)10-3-1-4-12(9-10)20-11-7-8-11/h1-6,9,11H,7-8H2. The fourth-order valence-electron chi connectivity index (χ4n) is 1.95. The van der Waals surface area contributed by atoms with E-state index in [0.29, 0.717) is 11.3 Å². The molecular formula is C16H12ClFO2. The highest BCUT2D eigenvalue weighted by molar-refractivity contribution is 6.35. The third-order valence-electron chi connectivity index (χ3n) is 3.11. The van der Waals surface area contributed by atoms with Crippen LogP contribution >= 0.6 is 11.6 Å². The fourth-order valence-corrected chi connectivity index (χ4v) is 2.20. The Balaban J connectivity index is 1.93. The van der Waals surface area contributed by atoms with E-state index in [4.69, 9.17) is 16.3 Å². The minimum atomic E-state index is -0.615. The SMILES string of the molecule is O=C(c1cccc(OC2CC2)c1)c1c(F)cccc1Cl. The van der Waals surface area contributed by atoms with Crippen LogP contribution in [0.1, 0.15) is 28.8 Å². The summed E-state index contributed by atoms with van der Waals surface area (Å²) in [4.78, 5) is 12.4. The first-order valence-corrected chi connectivity index (χ1v) is 6.78. The molecule has 2 aromatic rings. The molecule has 0 atom stereocenters. The summed E-state index contributed by atoms with van der Waals surface area (Å²) in [5, 5.41) is 0.114. The van der Waals surface area contributed by atoms with Gasteiger partial charge in [-0.1, -0.05) is 29.8 Å². The molecule has 0 aromatic heterocycles. The molecule has 0 amide bonds. The van der Waals surface area contributed by atoms with Crippen LogP contribution in [0.2, 0.25) is 5.02 Å². The van der Waals surface area contributed by atoms with Crippen LogP contribution < -0.4 is 4.74 Å². The minimum Gasteiger partial charge on any atom is -0.490 e. The Bertz CT molecular complexity index is 645. The molecule has 2 aromatic carbocycles. The summed E-state index contributed by atoms with van der Waals surface area (Å²) in [5.74, 6) is -0.420. The Morgan fingerprint density at radius 1 is 1.20 bits per heavy atom. The van der Waals surface area contributed by atoms with Gasteiger partial charge < -0.3 is 4.74 Å². The van der Waals surface area contributed by atoms with Crippen LogP contribution in [0, 0.1) is 5.82 Å². The summed E-state index contributed by atoms with van der Waals surface area (Å²) in [6.45, 7) is 0. The van der Waals surface area contributed by atoms with Crippen LogP contribution in [-0.4, -0.2) is 11.9 Å². The van der Waals surface area contributed by atoms with Gasteiger partial charge in [-0.05, 0) is 37.1 Å². The van der Waals surface area contributed by atoms with Crippen molar-refractivity contribution in [2.75, 3.05) is 0 Å². The normalized spacial score (nSPS) is 14.1. The second kappa shape index (κ2) is 5.25. The molecule has 1 aliphatic rings. The van der Waals surface area contributed by atoms with Crippen LogP contribution in [-0.2, 0) is 0 Å². The summed E-state index contributed by atoms with van der Waals surface area (Å²) in [6.07, 6.45) is 2.33. The summed E-state index contributed by atoms with van der Waals surface area (Å²) in [6, 6.07) is 11.0. The van der Waals surface area contributed by atoms with Gasteiger partial charge in [0.05, 0.1) is 16.7 Å². The molecule has 0 bridgehead atoms. The number of hydrogen-bond acceptors (Lipinski definition) is 2. The predicted octanol–water partition coefficient (Wildman–Crippen LogP) is 4.25. The Hall–Kier alpha value is -1.87. The minimum absolute atomic E-state index is 0.0993. The van der Waals surface area contributed by atoms with E-state index in [2.05, 4.69) is 0 Å². The maximum atomic E-state index is 13.8. The van der Waals surface area contributed by atoms with Gasteiger partial charge in [0.1, 0.15) is 11.6 Å². The third-order valence-corrected chi connectivity index (χ3v) is 3.43. The van der Waals surface area contributed by atoms with Crippen molar-refractivity contribution in [2.45, 2.75) is 18.9 Å². The second-order valence-corrected chi connectivity index (χ2v) is 5.18. The lowest BCUT2D eigenvalue weighted by molar-refractivity contribution is 0.103. The van der Waals surface area contributed by atoms with Crippen molar-refractivity contribution in [2.24, 2.45) is 0 Å². The largest absolute Gasteiger partial charge is 0.490 e. The van der Waals surface area contributed by atoms with Crippen molar-refractivity contribution in [3.05, 3.63) is 64.4 Å². The van der Waals surface area contributed by atoms with Gasteiger partial charge in [-0.3, -0.25) is 4.79 Å². The molecule has 0 spiro atoms. The Morgan fingerprint density at radius 3 is 2.65 bits per heavy atom. The second-order valence-electron chi connectivity index (χ2n) is 4.77. The highest BCUT2D eigenvalue weighted by atomic mass is 35.5. The number of ether oxygens (including phenoxy) is 1. The van der Waals surface area contributed by atoms with Gasteiger partial charge in [0.15, 0.2) is 5.78 Å². The summed E-state index contributed by atoms with van der Waals surface area (Å²) in [5.41, 5.74) is 0.271. The van der Waals surface area contributed by atoms with Gasteiger partial charge in [-0.2, -0.15) is 0 Å². The molecule has 0 aliphatic heterocycles. The molecule has 1 saturated carbocycles. The number of ketones is 1. The Kier molecular flexibility index (Phi) is 3.45. The smallest absolute Gasteiger partial charge is 0.197 e. The van der Waals surface area contributed by atoms with Crippen LogP contribution in [0.25, 0.3) is 0 Å². The van der Waals surface area contributed by atoms with Crippen molar-refractivity contribution in [3.63, 3.8) is 0 Å². The number of carbonyl (C=O) groups excluding carboxylic acids is 1. The van der Waals surface area contributed by atoms with Gasteiger partial charge in [0, 0.05) is 5.56 Å². The summed E-state index contributed by atoms with van der Waals surface area (Å²) >= 11 is 5.92. The lowest BCUT2D eigenvalue weighted by Gasteiger charge is -2.08. The van der Waals surface area contributed by atoms with E-state index < -0.39 is 11.6 Å². The Morgan fingerprint density at radius 2 is 1.95 bits per heavy atom. The quantitative estimate of drug-likeness (QED) is 0.787. The lowest BCUT2D eigenvalue weighted by Crippen LogP contribution is -2.06. The number of carbonyl (C=O) groups is 1. The molecule has 0 heterocycles. The van der Waals surface area contributed by atoms with Crippen molar-refractivity contribution in [1.82, 2.24) is 0 Å². The number of benzene rings is 2. The van der Waals surface area contributed by atoms with Crippen molar-refractivity contribution >= 4 is 17.4 Å². The van der Waals surface area contributed by atoms with Gasteiger partial charge in [-0.25, -0.2) is 4.39 Å². The average molecular weight is 291 g/mol. The molecule has 0 N–H and O–H groups in total. The molecule has 0 saturated heterocycles. The van der Waals surface area contributed by atoms with Gasteiger partial charge in [0.25, 0.3) is 0 Å². The fraction of sp³-hybridized carbons (Fsp3) is 0.188. The first-order valence-electron chi connectivity index (χ1n) is 6.40. The van der Waals surface area contributed by atoms with E-state index in [1.165, 1.54) is 18.2 Å². The van der Waals surface area contributed by atoms with E-state index in [1.807, 2.05) is 0 Å². The van der Waals surface area contributed by atoms with Crippen LogP contribution in [0.15, 0.2) is 42.5 Å². The van der Waals surface area contributed by atoms with Crippen molar-refractivity contribution < 1.29 is 13.9 Å². The topological polar surface area (TPSA) is 26.3 Å². The molecule has 1 fully saturated rings. The summed E-state index contributed by atoms with van der Waals surface area (Å²) < 4.78 is 19.4. The summed E-state index contributed by atoms with van der Waals surface area (Å²) in [7, 11) is 0. The van der Waals surface area contributed by atoms with Gasteiger partial charge >= 0.3 is 0 Å². The van der Waals surface area contributed by atoms with E-state index in [-0.39, 0.29) is 16.7 Å². The van der Waals surface area contributed by atoms with E-state index in [0.717, 1.165) is 12.8 Å². The zero-order valence-corrected chi connectivity index (χ0v) is 11.4. The Labute approximate surface area is 121 Å². The molecule has 1 aliphatic carbocycles. The number of hydrogen-bond donors (Lipinski definition) is 0. The van der Waals surface area contributed by atoms with Crippen molar-refractivity contribution in [3.8, 4) is 5.75 Å². The highest BCUT2D eigenvalue weighted by Crippen LogP contribution is 2.28. The van der Waals surface area contributed by atoms with Crippen LogP contribution in [0.4, 0.5) is 4.39 Å². The molecule has 102 valence electrons. The van der Waals surface area contributed by atoms with E-state index in [1.54, 1.807) is 24.3 Å². The monoisotopic (exact) mass is 290 g/mol. The maximum Gasteiger partial charge on any atom is 0.197 e. The highest BCUT2D eigenvalue weighted by Gasteiger charge is 2.24. The molecule has 0 radical (unpaired) electrons. The number of rotatable bonds is 4. The number of halogens is 2. The molecule has 0 unspecified atom stereocenters. The molecule has 20 heavy (non-hydrogen) atoms. The van der Waals surface area contributed by atoms with Crippen LogP contribution in [0.5, 0.6) is 5.75 Å². The van der Waals surface area contributed by atoms with Crippen LogP contribution in [0.3, 0.4) is 0 Å². The van der Waals surface area contributed by atoms with E-state index in [9.17, 15) is 9.18 Å². The predicted molar refractivity (Wildman–Crippen MR) is 74.9 cm³/mol. The zero-order valence-electron chi connectivity index (χ0n) is 10.6. The third kappa shape index (κ3) is 2.68. The average Bonchev–Trinajstić information content (AvgIpc) is 3.22. The van der Waals surface area contributed by atoms with Crippen molar-refractivity contribution in [1.29, 1.82) is 0 Å². The zero-order chi connectivity index (χ0) is 14.1. The maximum absolute atomic E-state index is 13.8. The van der Waals surface area contributed by atoms with Gasteiger partial charge in [0.2, 0.25) is 0 Å². The molecule has 3 rings (SSSR count). The van der Waals surface area contributed by atoms with E-state index >= 15 is 0 Å². The molecular weight excluding hydrogens is 279 g/mol. The first-order chi connectivity index (χ1) is 9.65. The first kappa shape index (κ1) is 13.1. The lowest BCUT2D eigenvalue weighted by atomic mass is 10.0. The van der Waals surface area contributed by atoms with Gasteiger partial charge in [-0.15, -0.1) is 0 Å². The molecule has 4 heteroatoms.